The molecule has 4 atom stereocenters. The van der Waals surface area contributed by atoms with Crippen LogP contribution in [0.4, 0.5) is 13.6 Å². The van der Waals surface area contributed by atoms with E-state index in [0.29, 0.717) is 6.42 Å². The van der Waals surface area contributed by atoms with Crippen LogP contribution in [0, 0.1) is 11.6 Å². The molecule has 0 aliphatic heterocycles. The first-order valence-electron chi connectivity index (χ1n) is 13.4. The second kappa shape index (κ2) is 16.1. The lowest BCUT2D eigenvalue weighted by Gasteiger charge is -2.31. The van der Waals surface area contributed by atoms with Crippen molar-refractivity contribution >= 4 is 12.0 Å². The van der Waals surface area contributed by atoms with Gasteiger partial charge in [-0.15, -0.1) is 0 Å². The van der Waals surface area contributed by atoms with Crippen molar-refractivity contribution in [1.29, 1.82) is 0 Å². The summed E-state index contributed by atoms with van der Waals surface area (Å²) >= 11 is 0. The number of amides is 2. The van der Waals surface area contributed by atoms with Crippen LogP contribution in [0.2, 0.25) is 0 Å². The fraction of sp³-hybridized carbons (Fsp3) is 0.517. The maximum atomic E-state index is 13.6. The van der Waals surface area contributed by atoms with E-state index >= 15 is 0 Å². The van der Waals surface area contributed by atoms with E-state index < -0.39 is 47.9 Å². The van der Waals surface area contributed by atoms with Gasteiger partial charge in [-0.25, -0.2) is 13.6 Å². The fourth-order valence-corrected chi connectivity index (χ4v) is 4.47. The molecule has 2 aromatic rings. The quantitative estimate of drug-likeness (QED) is 0.216. The summed E-state index contributed by atoms with van der Waals surface area (Å²) in [7, 11) is 0. The molecule has 0 aliphatic rings. The van der Waals surface area contributed by atoms with Gasteiger partial charge in [0.25, 0.3) is 0 Å². The number of unbranched alkanes of at least 4 members (excludes halogenated alkanes) is 1. The zero-order valence-electron chi connectivity index (χ0n) is 22.7. The summed E-state index contributed by atoms with van der Waals surface area (Å²) in [5, 5.41) is 32.8. The van der Waals surface area contributed by atoms with Gasteiger partial charge >= 0.3 is 6.09 Å². The van der Waals surface area contributed by atoms with Crippen molar-refractivity contribution < 1.29 is 33.7 Å². The van der Waals surface area contributed by atoms with E-state index in [9.17, 15) is 33.7 Å². The topological polar surface area (TPSA) is 136 Å². The Kier molecular flexibility index (Phi) is 13.3. The van der Waals surface area contributed by atoms with Gasteiger partial charge in [-0.1, -0.05) is 51.0 Å². The zero-order valence-corrected chi connectivity index (χ0v) is 22.7. The highest BCUT2D eigenvalue weighted by molar-refractivity contribution is 5.85. The van der Waals surface area contributed by atoms with E-state index in [0.717, 1.165) is 48.6 Å². The number of nitrogens with zero attached hydrogens (tertiary/aromatic N) is 1. The molecule has 0 fully saturated rings. The van der Waals surface area contributed by atoms with Crippen LogP contribution >= 0.6 is 0 Å². The van der Waals surface area contributed by atoms with Crippen molar-refractivity contribution in [2.45, 2.75) is 89.6 Å². The number of hydrogen-bond donors (Lipinski definition) is 5. The fourth-order valence-electron chi connectivity index (χ4n) is 4.47. The molecular weight excluding hydrogens is 508 g/mol. The molecule has 2 aromatic carbocycles. The lowest BCUT2D eigenvalue weighted by Crippen LogP contribution is -2.52. The number of halogens is 2. The largest absolute Gasteiger partial charge is 0.465 e. The Bertz CT molecular complexity index is 1050. The Morgan fingerprint density at radius 3 is 2.26 bits per heavy atom. The van der Waals surface area contributed by atoms with E-state index in [2.05, 4.69) is 5.32 Å². The number of hydrogen-bond acceptors (Lipinski definition) is 5. The van der Waals surface area contributed by atoms with Crippen molar-refractivity contribution in [3.63, 3.8) is 0 Å². The van der Waals surface area contributed by atoms with Gasteiger partial charge in [0.15, 0.2) is 0 Å². The van der Waals surface area contributed by atoms with Gasteiger partial charge in [-0.3, -0.25) is 4.79 Å². The van der Waals surface area contributed by atoms with E-state index in [4.69, 9.17) is 5.73 Å². The number of rotatable bonds is 16. The zero-order chi connectivity index (χ0) is 28.9. The minimum Gasteiger partial charge on any atom is -0.465 e. The average molecular weight is 550 g/mol. The van der Waals surface area contributed by atoms with Crippen molar-refractivity contribution in [3.8, 4) is 0 Å². The summed E-state index contributed by atoms with van der Waals surface area (Å²) in [4.78, 5) is 26.5. The van der Waals surface area contributed by atoms with Gasteiger partial charge < -0.3 is 31.3 Å². The standard InChI is InChI=1S/C29H41F2N3O5/c1-3-5-9-24(35)10-11-26(33-29(38)39)28(37)34(17-20-8-6-7-19(4-2)12-20)18-27(36)25(32)15-21-13-22(30)16-23(31)14-21/h6-8,12-14,16,24-27,33,35-36H,3-5,9-11,15,17-18,32H2,1-2H3,(H,38,39)/t24?,25-,26+,27+/m0/s1. The SMILES string of the molecule is CCCCC(O)CC[C@@H](NC(=O)O)C(=O)N(Cc1cccc(CC)c1)C[C@@H](O)[C@@H](N)Cc1cc(F)cc(F)c1. The summed E-state index contributed by atoms with van der Waals surface area (Å²) in [6.07, 6.45) is -0.0201. The smallest absolute Gasteiger partial charge is 0.405 e. The van der Waals surface area contributed by atoms with Crippen molar-refractivity contribution in [2.75, 3.05) is 6.54 Å². The third-order valence-electron chi connectivity index (χ3n) is 6.66. The van der Waals surface area contributed by atoms with E-state index in [-0.39, 0.29) is 37.9 Å². The molecule has 0 saturated carbocycles. The maximum Gasteiger partial charge on any atom is 0.405 e. The number of aliphatic hydroxyl groups excluding tert-OH is 2. The number of aliphatic hydroxyl groups is 2. The van der Waals surface area contributed by atoms with Crippen LogP contribution in [0.5, 0.6) is 0 Å². The molecule has 8 nitrogen and oxygen atoms in total. The molecule has 2 amide bonds. The normalized spacial score (nSPS) is 14.3. The van der Waals surface area contributed by atoms with Crippen LogP contribution in [0.3, 0.4) is 0 Å². The van der Waals surface area contributed by atoms with Gasteiger partial charge in [0.2, 0.25) is 5.91 Å². The Balaban J connectivity index is 2.25. The van der Waals surface area contributed by atoms with E-state index in [1.807, 2.05) is 38.1 Å². The van der Waals surface area contributed by atoms with Crippen molar-refractivity contribution in [3.05, 3.63) is 70.8 Å². The minimum atomic E-state index is -1.38. The first-order chi connectivity index (χ1) is 18.5. The highest BCUT2D eigenvalue weighted by Crippen LogP contribution is 2.16. The van der Waals surface area contributed by atoms with Crippen LogP contribution < -0.4 is 11.1 Å². The number of benzene rings is 2. The molecule has 6 N–H and O–H groups in total. The molecule has 0 radical (unpaired) electrons. The predicted molar refractivity (Wildman–Crippen MR) is 145 cm³/mol. The molecular formula is C29H41F2N3O5. The number of nitrogens with two attached hydrogens (primary N) is 1. The number of carbonyl (C=O) groups excluding carboxylic acids is 1. The van der Waals surface area contributed by atoms with E-state index in [1.54, 1.807) is 0 Å². The van der Waals surface area contributed by atoms with Crippen LogP contribution in [-0.2, 0) is 24.2 Å². The monoisotopic (exact) mass is 549 g/mol. The van der Waals surface area contributed by atoms with Gasteiger partial charge in [0.1, 0.15) is 17.7 Å². The number of carbonyl (C=O) groups is 2. The Labute approximate surface area is 228 Å². The molecule has 39 heavy (non-hydrogen) atoms. The first-order valence-corrected chi connectivity index (χ1v) is 13.4. The summed E-state index contributed by atoms with van der Waals surface area (Å²) < 4.78 is 27.2. The molecule has 0 saturated heterocycles. The molecule has 2 rings (SSSR count). The molecule has 0 bridgehead atoms. The maximum absolute atomic E-state index is 13.6. The molecule has 1 unspecified atom stereocenters. The van der Waals surface area contributed by atoms with Gasteiger partial charge in [0, 0.05) is 25.2 Å². The van der Waals surface area contributed by atoms with Gasteiger partial charge in [0.05, 0.1) is 12.2 Å². The van der Waals surface area contributed by atoms with Crippen LogP contribution in [-0.4, -0.2) is 63.1 Å². The second-order valence-electron chi connectivity index (χ2n) is 9.98. The summed E-state index contributed by atoms with van der Waals surface area (Å²) in [5.74, 6) is -2.09. The highest BCUT2D eigenvalue weighted by Gasteiger charge is 2.30. The summed E-state index contributed by atoms with van der Waals surface area (Å²) in [6.45, 7) is 3.85. The third kappa shape index (κ3) is 11.3. The number of aryl methyl sites for hydroxylation is 1. The van der Waals surface area contributed by atoms with Crippen LogP contribution in [0.1, 0.15) is 62.6 Å². The molecule has 216 valence electrons. The first kappa shape index (κ1) is 32.1. The second-order valence-corrected chi connectivity index (χ2v) is 9.98. The van der Waals surface area contributed by atoms with Gasteiger partial charge in [-0.05, 0) is 60.9 Å². The molecule has 0 aliphatic carbocycles. The van der Waals surface area contributed by atoms with Gasteiger partial charge in [-0.2, -0.15) is 0 Å². The number of carboxylic acid groups (broad SMARTS) is 1. The third-order valence-corrected chi connectivity index (χ3v) is 6.66. The Hall–Kier alpha value is -3.08. The highest BCUT2D eigenvalue weighted by atomic mass is 19.1. The molecule has 0 spiro atoms. The Morgan fingerprint density at radius 1 is 0.974 bits per heavy atom. The summed E-state index contributed by atoms with van der Waals surface area (Å²) in [5.41, 5.74) is 8.26. The Morgan fingerprint density at radius 2 is 1.64 bits per heavy atom. The lowest BCUT2D eigenvalue weighted by molar-refractivity contribution is -0.136. The lowest BCUT2D eigenvalue weighted by atomic mass is 9.99. The van der Waals surface area contributed by atoms with Crippen LogP contribution in [0.25, 0.3) is 0 Å². The number of nitrogens with one attached hydrogen (secondary N) is 1. The average Bonchev–Trinajstić information content (AvgIpc) is 2.88. The predicted octanol–water partition coefficient (Wildman–Crippen LogP) is 3.75. The molecule has 10 heteroatoms. The van der Waals surface area contributed by atoms with E-state index in [1.165, 1.54) is 4.90 Å². The molecule has 0 aromatic heterocycles. The molecule has 0 heterocycles. The minimum absolute atomic E-state index is 0.0381. The summed E-state index contributed by atoms with van der Waals surface area (Å²) in [6, 6.07) is 8.46. The van der Waals surface area contributed by atoms with Crippen molar-refractivity contribution in [1.82, 2.24) is 10.2 Å². The van der Waals surface area contributed by atoms with Crippen molar-refractivity contribution in [2.24, 2.45) is 5.73 Å². The van der Waals surface area contributed by atoms with Crippen LogP contribution in [0.15, 0.2) is 42.5 Å².